The van der Waals surface area contributed by atoms with E-state index in [1.54, 1.807) is 0 Å². The molecule has 14 heavy (non-hydrogen) atoms. The van der Waals surface area contributed by atoms with E-state index in [2.05, 4.69) is 5.32 Å². The zero-order valence-electron chi connectivity index (χ0n) is 7.69. The van der Waals surface area contributed by atoms with Gasteiger partial charge < -0.3 is 10.4 Å². The van der Waals surface area contributed by atoms with Gasteiger partial charge >= 0.3 is 5.97 Å². The molecule has 1 unspecified atom stereocenters. The maximum Gasteiger partial charge on any atom is 0.312 e. The van der Waals surface area contributed by atoms with E-state index in [0.717, 1.165) is 11.5 Å². The number of nitrogens with one attached hydrogen (secondary N) is 1. The van der Waals surface area contributed by atoms with Crippen molar-refractivity contribution in [2.75, 3.05) is 23.8 Å². The number of carboxylic acids is 1. The molecule has 80 valence electrons. The summed E-state index contributed by atoms with van der Waals surface area (Å²) in [6, 6.07) is 0. The van der Waals surface area contributed by atoms with Gasteiger partial charge in [0.15, 0.2) is 0 Å². The van der Waals surface area contributed by atoms with Gasteiger partial charge in [-0.2, -0.15) is 23.5 Å². The van der Waals surface area contributed by atoms with E-state index in [-0.39, 0.29) is 0 Å². The maximum atomic E-state index is 11.0. The van der Waals surface area contributed by atoms with Crippen LogP contribution in [0.25, 0.3) is 0 Å². The fourth-order valence-electron chi connectivity index (χ4n) is 1.08. The molecule has 6 heteroatoms. The van der Waals surface area contributed by atoms with Crippen molar-refractivity contribution in [1.29, 1.82) is 0 Å². The lowest BCUT2D eigenvalue weighted by Crippen LogP contribution is -2.34. The first-order valence-electron chi connectivity index (χ1n) is 4.36. The lowest BCUT2D eigenvalue weighted by atomic mass is 10.4. The van der Waals surface area contributed by atoms with Gasteiger partial charge in [0.25, 0.3) is 0 Å². The Bertz CT molecular complexity index is 217. The predicted octanol–water partition coefficient (Wildman–Crippen LogP) is 0.426. The van der Waals surface area contributed by atoms with E-state index in [4.69, 9.17) is 5.11 Å². The Balaban J connectivity index is 2.12. The van der Waals surface area contributed by atoms with Crippen LogP contribution in [0.1, 0.15) is 6.42 Å². The normalized spacial score (nSPS) is 21.6. The van der Waals surface area contributed by atoms with Crippen LogP contribution < -0.4 is 5.32 Å². The van der Waals surface area contributed by atoms with Crippen LogP contribution >= 0.6 is 23.5 Å². The molecule has 0 aromatic rings. The Morgan fingerprint density at radius 2 is 2.21 bits per heavy atom. The molecule has 0 aromatic carbocycles. The van der Waals surface area contributed by atoms with Crippen LogP contribution in [-0.2, 0) is 9.59 Å². The van der Waals surface area contributed by atoms with E-state index < -0.39 is 18.3 Å². The van der Waals surface area contributed by atoms with Crippen LogP contribution in [0, 0.1) is 0 Å². The second kappa shape index (κ2) is 6.19. The van der Waals surface area contributed by atoms with Gasteiger partial charge in [-0.05, 0) is 0 Å². The molecule has 0 bridgehead atoms. The number of hydrogen-bond donors (Lipinski definition) is 2. The smallest absolute Gasteiger partial charge is 0.312 e. The second-order valence-corrected chi connectivity index (χ2v) is 5.50. The highest BCUT2D eigenvalue weighted by atomic mass is 32.2. The van der Waals surface area contributed by atoms with Crippen LogP contribution in [0.15, 0.2) is 0 Å². The number of hydrogen-bond acceptors (Lipinski definition) is 4. The number of amides is 1. The van der Waals surface area contributed by atoms with Gasteiger partial charge in [0.1, 0.15) is 6.42 Å². The van der Waals surface area contributed by atoms with E-state index in [1.807, 2.05) is 23.5 Å². The molecule has 0 aliphatic carbocycles. The lowest BCUT2D eigenvalue weighted by Gasteiger charge is -2.20. The van der Waals surface area contributed by atoms with Gasteiger partial charge in [-0.15, -0.1) is 0 Å². The lowest BCUT2D eigenvalue weighted by molar-refractivity contribution is -0.140. The number of thioether (sulfide) groups is 2. The average molecular weight is 235 g/mol. The molecule has 4 nitrogen and oxygen atoms in total. The average Bonchev–Trinajstić information content (AvgIpc) is 2.15. The molecule has 1 saturated heterocycles. The molecular formula is C8H13NO3S2. The zero-order valence-corrected chi connectivity index (χ0v) is 9.33. The highest BCUT2D eigenvalue weighted by molar-refractivity contribution is 8.06. The third kappa shape index (κ3) is 4.76. The van der Waals surface area contributed by atoms with E-state index in [9.17, 15) is 9.59 Å². The summed E-state index contributed by atoms with van der Waals surface area (Å²) in [5.41, 5.74) is 0. The first kappa shape index (κ1) is 11.7. The number of carbonyl (C=O) groups is 2. The summed E-state index contributed by atoms with van der Waals surface area (Å²) >= 11 is 3.72. The van der Waals surface area contributed by atoms with Crippen LogP contribution in [0.5, 0.6) is 0 Å². The van der Waals surface area contributed by atoms with Crippen molar-refractivity contribution >= 4 is 35.4 Å². The van der Waals surface area contributed by atoms with Crippen LogP contribution in [-0.4, -0.2) is 46.0 Å². The Morgan fingerprint density at radius 3 is 2.79 bits per heavy atom. The summed E-state index contributed by atoms with van der Waals surface area (Å²) in [4.78, 5) is 21.2. The topological polar surface area (TPSA) is 66.4 Å². The fraction of sp³-hybridized carbons (Fsp3) is 0.750. The molecule has 0 spiro atoms. The summed E-state index contributed by atoms with van der Waals surface area (Å²) < 4.78 is 0. The summed E-state index contributed by atoms with van der Waals surface area (Å²) in [7, 11) is 0. The van der Waals surface area contributed by atoms with Gasteiger partial charge in [0.2, 0.25) is 5.91 Å². The predicted molar refractivity (Wildman–Crippen MR) is 58.8 cm³/mol. The van der Waals surface area contributed by atoms with Crippen LogP contribution in [0.2, 0.25) is 0 Å². The zero-order chi connectivity index (χ0) is 10.4. The van der Waals surface area contributed by atoms with Crippen molar-refractivity contribution in [3.8, 4) is 0 Å². The number of carboxylic acid groups (broad SMARTS) is 1. The van der Waals surface area contributed by atoms with Gasteiger partial charge in [-0.25, -0.2) is 0 Å². The third-order valence-corrected chi connectivity index (χ3v) is 4.57. The molecule has 1 heterocycles. The first-order valence-corrected chi connectivity index (χ1v) is 6.56. The minimum absolute atomic E-state index is 0.395. The minimum Gasteiger partial charge on any atom is -0.481 e. The molecular weight excluding hydrogens is 222 g/mol. The Labute approximate surface area is 91.2 Å². The molecule has 1 aliphatic heterocycles. The van der Waals surface area contributed by atoms with Crippen molar-refractivity contribution < 1.29 is 14.7 Å². The summed E-state index contributed by atoms with van der Waals surface area (Å²) in [6.07, 6.45) is -0.426. The SMILES string of the molecule is O=C(O)CC(=O)NCC1CSCCS1. The minimum atomic E-state index is -1.08. The van der Waals surface area contributed by atoms with Crippen molar-refractivity contribution in [1.82, 2.24) is 5.32 Å². The van der Waals surface area contributed by atoms with Crippen LogP contribution in [0.4, 0.5) is 0 Å². The summed E-state index contributed by atoms with van der Waals surface area (Å²) in [5, 5.41) is 11.4. The summed E-state index contributed by atoms with van der Waals surface area (Å²) in [6.45, 7) is 0.587. The highest BCUT2D eigenvalue weighted by Crippen LogP contribution is 2.23. The van der Waals surface area contributed by atoms with Crippen molar-refractivity contribution in [3.05, 3.63) is 0 Å². The molecule has 1 rings (SSSR count). The van der Waals surface area contributed by atoms with Crippen molar-refractivity contribution in [3.63, 3.8) is 0 Å². The van der Waals surface area contributed by atoms with Gasteiger partial charge in [-0.1, -0.05) is 0 Å². The standard InChI is InChI=1S/C8H13NO3S2/c10-7(3-8(11)12)9-4-6-5-13-1-2-14-6/h6H,1-5H2,(H,9,10)(H,11,12). The molecule has 1 fully saturated rings. The highest BCUT2D eigenvalue weighted by Gasteiger charge is 2.15. The molecule has 0 aromatic heterocycles. The second-order valence-electron chi connectivity index (χ2n) is 2.94. The third-order valence-electron chi connectivity index (χ3n) is 1.72. The van der Waals surface area contributed by atoms with Gasteiger partial charge in [0.05, 0.1) is 0 Å². The molecule has 2 N–H and O–H groups in total. The molecule has 1 atom stereocenters. The first-order chi connectivity index (χ1) is 6.68. The Kier molecular flexibility index (Phi) is 5.17. The Morgan fingerprint density at radius 1 is 1.43 bits per heavy atom. The van der Waals surface area contributed by atoms with Crippen molar-refractivity contribution in [2.45, 2.75) is 11.7 Å². The quantitative estimate of drug-likeness (QED) is 0.692. The van der Waals surface area contributed by atoms with E-state index in [1.165, 1.54) is 5.75 Å². The number of carbonyl (C=O) groups excluding carboxylic acids is 1. The van der Waals surface area contributed by atoms with Gasteiger partial charge in [0, 0.05) is 29.1 Å². The Hall–Kier alpha value is -0.360. The molecule has 1 amide bonds. The molecule has 0 radical (unpaired) electrons. The van der Waals surface area contributed by atoms with Gasteiger partial charge in [-0.3, -0.25) is 9.59 Å². The van der Waals surface area contributed by atoms with E-state index in [0.29, 0.717) is 11.8 Å². The number of rotatable bonds is 4. The van der Waals surface area contributed by atoms with E-state index >= 15 is 0 Å². The largest absolute Gasteiger partial charge is 0.481 e. The fourth-order valence-corrected chi connectivity index (χ4v) is 3.69. The maximum absolute atomic E-state index is 11.0. The summed E-state index contributed by atoms with van der Waals surface area (Å²) in [5.74, 6) is 1.86. The van der Waals surface area contributed by atoms with Crippen LogP contribution in [0.3, 0.4) is 0 Å². The number of aliphatic carboxylic acids is 1. The monoisotopic (exact) mass is 235 g/mol. The molecule has 1 aliphatic rings. The van der Waals surface area contributed by atoms with Crippen molar-refractivity contribution in [2.24, 2.45) is 0 Å². The molecule has 0 saturated carbocycles.